The first kappa shape index (κ1) is 15.5. The number of hydrogen-bond acceptors (Lipinski definition) is 4. The minimum atomic E-state index is -0.0451. The molecule has 2 aromatic carbocycles. The lowest BCUT2D eigenvalue weighted by Crippen LogP contribution is -2.42. The van der Waals surface area contributed by atoms with E-state index in [-0.39, 0.29) is 6.10 Å². The van der Waals surface area contributed by atoms with E-state index in [4.69, 9.17) is 14.2 Å². The maximum absolute atomic E-state index is 6.07. The van der Waals surface area contributed by atoms with Crippen LogP contribution in [0.25, 0.3) is 0 Å². The summed E-state index contributed by atoms with van der Waals surface area (Å²) in [6.07, 6.45) is -0.0451. The third kappa shape index (κ3) is 3.25. The van der Waals surface area contributed by atoms with Crippen LogP contribution in [-0.4, -0.2) is 37.3 Å². The van der Waals surface area contributed by atoms with Crippen LogP contribution >= 0.6 is 0 Å². The number of hydrogen-bond donors (Lipinski definition) is 0. The Hall–Kier alpha value is -2.04. The van der Waals surface area contributed by atoms with E-state index < -0.39 is 0 Å². The second-order valence-corrected chi connectivity index (χ2v) is 6.50. The first-order valence-corrected chi connectivity index (χ1v) is 8.59. The fourth-order valence-corrected chi connectivity index (χ4v) is 3.25. The van der Waals surface area contributed by atoms with Crippen molar-refractivity contribution < 1.29 is 14.2 Å². The van der Waals surface area contributed by atoms with Gasteiger partial charge in [0.15, 0.2) is 17.6 Å². The van der Waals surface area contributed by atoms with Gasteiger partial charge in [0.05, 0.1) is 13.2 Å². The van der Waals surface area contributed by atoms with E-state index in [0.717, 1.165) is 43.4 Å². The molecule has 0 bridgehead atoms. The monoisotopic (exact) mass is 325 g/mol. The summed E-state index contributed by atoms with van der Waals surface area (Å²) in [6.45, 7) is 6.39. The Bertz CT molecular complexity index is 686. The molecule has 0 aromatic heterocycles. The molecule has 0 radical (unpaired) electrons. The largest absolute Gasteiger partial charge is 0.485 e. The van der Waals surface area contributed by atoms with Crippen LogP contribution in [0.4, 0.5) is 0 Å². The molecule has 2 heterocycles. The quantitative estimate of drug-likeness (QED) is 0.865. The lowest BCUT2D eigenvalue weighted by Gasteiger charge is -2.33. The zero-order chi connectivity index (χ0) is 16.4. The van der Waals surface area contributed by atoms with E-state index in [1.165, 1.54) is 5.56 Å². The lowest BCUT2D eigenvalue weighted by atomic mass is 10.1. The van der Waals surface area contributed by atoms with Crippen LogP contribution in [-0.2, 0) is 11.3 Å². The van der Waals surface area contributed by atoms with Crippen molar-refractivity contribution in [3.05, 3.63) is 59.7 Å². The van der Waals surface area contributed by atoms with Crippen molar-refractivity contribution in [1.82, 2.24) is 4.90 Å². The molecule has 4 nitrogen and oxygen atoms in total. The van der Waals surface area contributed by atoms with E-state index in [0.29, 0.717) is 12.6 Å². The molecule has 0 N–H and O–H groups in total. The zero-order valence-electron chi connectivity index (χ0n) is 14.0. The van der Waals surface area contributed by atoms with Gasteiger partial charge in [0, 0.05) is 19.1 Å². The minimum absolute atomic E-state index is 0.0451. The standard InChI is InChI=1S/C20H23NO3/c1-15-13-22-11-10-21(15)12-16-6-8-17(9-7-16)20-14-23-18-4-2-3-5-19(18)24-20/h2-9,15,20H,10-14H2,1H3/t15?,20-/m1/s1. The first-order valence-electron chi connectivity index (χ1n) is 8.59. The number of morpholine rings is 1. The van der Waals surface area contributed by atoms with Gasteiger partial charge >= 0.3 is 0 Å². The average Bonchev–Trinajstić information content (AvgIpc) is 2.64. The van der Waals surface area contributed by atoms with Gasteiger partial charge in [-0.2, -0.15) is 0 Å². The second kappa shape index (κ2) is 6.83. The maximum Gasteiger partial charge on any atom is 0.162 e. The molecule has 24 heavy (non-hydrogen) atoms. The molecule has 0 aliphatic carbocycles. The predicted molar refractivity (Wildman–Crippen MR) is 92.4 cm³/mol. The summed E-state index contributed by atoms with van der Waals surface area (Å²) >= 11 is 0. The summed E-state index contributed by atoms with van der Waals surface area (Å²) in [5.41, 5.74) is 2.48. The molecule has 1 unspecified atom stereocenters. The molecule has 2 aliphatic heterocycles. The van der Waals surface area contributed by atoms with Gasteiger partial charge in [-0.15, -0.1) is 0 Å². The summed E-state index contributed by atoms with van der Waals surface area (Å²) < 4.78 is 17.4. The molecule has 2 aliphatic rings. The molecule has 1 fully saturated rings. The summed E-state index contributed by atoms with van der Waals surface area (Å²) in [4.78, 5) is 2.47. The van der Waals surface area contributed by atoms with Crippen LogP contribution in [0.1, 0.15) is 24.2 Å². The Balaban J connectivity index is 1.43. The zero-order valence-corrected chi connectivity index (χ0v) is 14.0. The Labute approximate surface area is 142 Å². The van der Waals surface area contributed by atoms with E-state index in [9.17, 15) is 0 Å². The number of ether oxygens (including phenoxy) is 3. The Morgan fingerprint density at radius 2 is 1.79 bits per heavy atom. The molecule has 2 aromatic rings. The highest BCUT2D eigenvalue weighted by Gasteiger charge is 2.23. The van der Waals surface area contributed by atoms with Crippen molar-refractivity contribution in [3.63, 3.8) is 0 Å². The Morgan fingerprint density at radius 3 is 2.58 bits per heavy atom. The number of para-hydroxylation sites is 2. The fraction of sp³-hybridized carbons (Fsp3) is 0.400. The van der Waals surface area contributed by atoms with E-state index in [1.807, 2.05) is 24.3 Å². The smallest absolute Gasteiger partial charge is 0.162 e. The highest BCUT2D eigenvalue weighted by atomic mass is 16.6. The van der Waals surface area contributed by atoms with Crippen molar-refractivity contribution in [2.24, 2.45) is 0 Å². The SMILES string of the molecule is CC1COCCN1Cc1ccc([C@H]2COc3ccccc3O2)cc1. The molecule has 2 atom stereocenters. The minimum Gasteiger partial charge on any atom is -0.485 e. The van der Waals surface area contributed by atoms with Gasteiger partial charge in [0.2, 0.25) is 0 Å². The molecule has 1 saturated heterocycles. The average molecular weight is 325 g/mol. The second-order valence-electron chi connectivity index (χ2n) is 6.50. The van der Waals surface area contributed by atoms with Gasteiger partial charge in [-0.05, 0) is 30.2 Å². The van der Waals surface area contributed by atoms with Crippen LogP contribution in [0.2, 0.25) is 0 Å². The number of fused-ring (bicyclic) bond motifs is 1. The Kier molecular flexibility index (Phi) is 4.41. The number of benzene rings is 2. The van der Waals surface area contributed by atoms with Gasteiger partial charge in [0.1, 0.15) is 6.61 Å². The van der Waals surface area contributed by atoms with E-state index in [2.05, 4.69) is 36.1 Å². The fourth-order valence-electron chi connectivity index (χ4n) is 3.25. The van der Waals surface area contributed by atoms with Gasteiger partial charge < -0.3 is 14.2 Å². The maximum atomic E-state index is 6.07. The van der Waals surface area contributed by atoms with Crippen molar-refractivity contribution in [2.45, 2.75) is 25.6 Å². The van der Waals surface area contributed by atoms with Crippen molar-refractivity contribution in [3.8, 4) is 11.5 Å². The van der Waals surface area contributed by atoms with Crippen LogP contribution in [0.3, 0.4) is 0 Å². The van der Waals surface area contributed by atoms with Gasteiger partial charge in [0.25, 0.3) is 0 Å². The van der Waals surface area contributed by atoms with E-state index >= 15 is 0 Å². The van der Waals surface area contributed by atoms with Crippen molar-refractivity contribution >= 4 is 0 Å². The predicted octanol–water partition coefficient (Wildman–Crippen LogP) is 3.42. The highest BCUT2D eigenvalue weighted by molar-refractivity contribution is 5.41. The molecular formula is C20H23NO3. The molecule has 0 saturated carbocycles. The third-order valence-electron chi connectivity index (χ3n) is 4.75. The first-order chi connectivity index (χ1) is 11.8. The molecule has 0 spiro atoms. The van der Waals surface area contributed by atoms with Crippen LogP contribution in [0.15, 0.2) is 48.5 Å². The van der Waals surface area contributed by atoms with Crippen molar-refractivity contribution in [2.75, 3.05) is 26.4 Å². The lowest BCUT2D eigenvalue weighted by molar-refractivity contribution is -0.00437. The van der Waals surface area contributed by atoms with Gasteiger partial charge in [-0.3, -0.25) is 4.90 Å². The summed E-state index contributed by atoms with van der Waals surface area (Å²) in [6, 6.07) is 17.0. The molecule has 4 heteroatoms. The third-order valence-corrected chi connectivity index (χ3v) is 4.75. The summed E-state index contributed by atoms with van der Waals surface area (Å²) in [5, 5.41) is 0. The van der Waals surface area contributed by atoms with Crippen molar-refractivity contribution in [1.29, 1.82) is 0 Å². The number of nitrogens with zero attached hydrogens (tertiary/aromatic N) is 1. The Morgan fingerprint density at radius 1 is 1.00 bits per heavy atom. The molecular weight excluding hydrogens is 302 g/mol. The summed E-state index contributed by atoms with van der Waals surface area (Å²) in [7, 11) is 0. The molecule has 0 amide bonds. The topological polar surface area (TPSA) is 30.9 Å². The van der Waals surface area contributed by atoms with Crippen LogP contribution < -0.4 is 9.47 Å². The normalized spacial score (nSPS) is 23.9. The van der Waals surface area contributed by atoms with E-state index in [1.54, 1.807) is 0 Å². The molecule has 126 valence electrons. The van der Waals surface area contributed by atoms with Gasteiger partial charge in [-0.25, -0.2) is 0 Å². The highest BCUT2D eigenvalue weighted by Crippen LogP contribution is 2.35. The van der Waals surface area contributed by atoms with Gasteiger partial charge in [-0.1, -0.05) is 36.4 Å². The van der Waals surface area contributed by atoms with Crippen LogP contribution in [0, 0.1) is 0 Å². The molecule has 4 rings (SSSR count). The summed E-state index contributed by atoms with van der Waals surface area (Å²) in [5.74, 6) is 1.65. The van der Waals surface area contributed by atoms with Crippen LogP contribution in [0.5, 0.6) is 11.5 Å². The number of rotatable bonds is 3.